The van der Waals surface area contributed by atoms with Gasteiger partial charge in [0.25, 0.3) is 5.56 Å². The number of hydrogen-bond donors (Lipinski definition) is 3. The van der Waals surface area contributed by atoms with Crippen LogP contribution in [0.15, 0.2) is 15.8 Å². The first-order valence-corrected chi connectivity index (χ1v) is 5.68. The van der Waals surface area contributed by atoms with Crippen LogP contribution in [0.3, 0.4) is 0 Å². The van der Waals surface area contributed by atoms with E-state index in [9.17, 15) is 9.59 Å². The van der Waals surface area contributed by atoms with Crippen molar-refractivity contribution in [1.82, 2.24) is 9.55 Å². The molecule has 0 aliphatic carbocycles. The summed E-state index contributed by atoms with van der Waals surface area (Å²) >= 11 is 0. The molecule has 0 bridgehead atoms. The third kappa shape index (κ3) is 3.52. The normalized spacial score (nSPS) is 14.4. The van der Waals surface area contributed by atoms with Gasteiger partial charge in [-0.2, -0.15) is 0 Å². The van der Waals surface area contributed by atoms with Crippen LogP contribution in [0.5, 0.6) is 0 Å². The fourth-order valence-corrected chi connectivity index (χ4v) is 1.55. The van der Waals surface area contributed by atoms with Crippen LogP contribution in [-0.2, 0) is 4.74 Å². The number of aliphatic hydroxyl groups is 2. The Morgan fingerprint density at radius 1 is 1.44 bits per heavy atom. The van der Waals surface area contributed by atoms with Crippen molar-refractivity contribution in [1.29, 1.82) is 0 Å². The third-order valence-corrected chi connectivity index (χ3v) is 2.58. The number of aromatic amines is 1. The minimum absolute atomic E-state index is 0.114. The zero-order chi connectivity index (χ0) is 13.7. The van der Waals surface area contributed by atoms with E-state index in [1.165, 1.54) is 10.8 Å². The van der Waals surface area contributed by atoms with Gasteiger partial charge in [0.15, 0.2) is 0 Å². The molecule has 1 aromatic rings. The molecule has 1 unspecified atom stereocenters. The van der Waals surface area contributed by atoms with E-state index >= 15 is 0 Å². The van der Waals surface area contributed by atoms with Crippen LogP contribution in [0.25, 0.3) is 0 Å². The minimum atomic E-state index is -0.642. The second-order valence-electron chi connectivity index (χ2n) is 4.03. The SMILES string of the molecule is Cc1cn(C(C)O[C@H](CO)CCO)c(=O)[nH]c1=O. The molecule has 0 fully saturated rings. The first-order chi connectivity index (χ1) is 8.49. The molecule has 0 saturated carbocycles. The van der Waals surface area contributed by atoms with E-state index in [1.807, 2.05) is 0 Å². The highest BCUT2D eigenvalue weighted by molar-refractivity contribution is 5.01. The van der Waals surface area contributed by atoms with Crippen LogP contribution in [-0.4, -0.2) is 39.1 Å². The molecular weight excluding hydrogens is 240 g/mol. The van der Waals surface area contributed by atoms with E-state index in [2.05, 4.69) is 4.98 Å². The number of H-pyrrole nitrogens is 1. The van der Waals surface area contributed by atoms with Gasteiger partial charge >= 0.3 is 5.69 Å². The number of rotatable bonds is 6. The summed E-state index contributed by atoms with van der Waals surface area (Å²) in [7, 11) is 0. The molecule has 7 heteroatoms. The molecule has 3 N–H and O–H groups in total. The lowest BCUT2D eigenvalue weighted by atomic mass is 10.3. The quantitative estimate of drug-likeness (QED) is 0.615. The maximum Gasteiger partial charge on any atom is 0.330 e. The molecular formula is C11H18N2O5. The van der Waals surface area contributed by atoms with Crippen LogP contribution in [0.1, 0.15) is 25.1 Å². The van der Waals surface area contributed by atoms with E-state index < -0.39 is 23.6 Å². The smallest absolute Gasteiger partial charge is 0.330 e. The molecule has 1 rings (SSSR count). The topological polar surface area (TPSA) is 105 Å². The van der Waals surface area contributed by atoms with Crippen molar-refractivity contribution in [2.45, 2.75) is 32.6 Å². The van der Waals surface area contributed by atoms with E-state index in [1.54, 1.807) is 13.8 Å². The van der Waals surface area contributed by atoms with Gasteiger partial charge in [-0.05, 0) is 20.3 Å². The standard InChI is InChI=1S/C11H18N2O5/c1-7-5-13(11(17)12-10(7)16)8(2)18-9(6-15)3-4-14/h5,8-9,14-15H,3-4,6H2,1-2H3,(H,12,16,17)/t8?,9-/m0/s1. The molecule has 0 amide bonds. The lowest BCUT2D eigenvalue weighted by Gasteiger charge is -2.21. The second-order valence-corrected chi connectivity index (χ2v) is 4.03. The number of aryl methyl sites for hydroxylation is 1. The van der Waals surface area contributed by atoms with Crippen molar-refractivity contribution < 1.29 is 14.9 Å². The number of hydrogen-bond acceptors (Lipinski definition) is 5. The molecule has 0 aromatic carbocycles. The van der Waals surface area contributed by atoms with Gasteiger partial charge < -0.3 is 14.9 Å². The second kappa shape index (κ2) is 6.48. The predicted octanol–water partition coefficient (Wildman–Crippen LogP) is -0.877. The van der Waals surface area contributed by atoms with Crippen molar-refractivity contribution in [3.05, 3.63) is 32.6 Å². The largest absolute Gasteiger partial charge is 0.396 e. The molecule has 0 aliphatic heterocycles. The number of nitrogens with one attached hydrogen (secondary N) is 1. The van der Waals surface area contributed by atoms with Gasteiger partial charge in [-0.3, -0.25) is 14.3 Å². The maximum absolute atomic E-state index is 11.6. The van der Waals surface area contributed by atoms with Gasteiger partial charge in [0, 0.05) is 18.4 Å². The van der Waals surface area contributed by atoms with Crippen LogP contribution < -0.4 is 11.2 Å². The summed E-state index contributed by atoms with van der Waals surface area (Å²) in [6, 6.07) is 0. The van der Waals surface area contributed by atoms with Gasteiger partial charge in [-0.1, -0.05) is 0 Å². The molecule has 0 saturated heterocycles. The minimum Gasteiger partial charge on any atom is -0.396 e. The van der Waals surface area contributed by atoms with Crippen molar-refractivity contribution in [3.8, 4) is 0 Å². The summed E-state index contributed by atoms with van der Waals surface area (Å²) in [6.07, 6.45) is 0.484. The first-order valence-electron chi connectivity index (χ1n) is 5.68. The van der Waals surface area contributed by atoms with E-state index in [-0.39, 0.29) is 19.6 Å². The monoisotopic (exact) mass is 258 g/mol. The Labute approximate surface area is 104 Å². The van der Waals surface area contributed by atoms with Gasteiger partial charge in [0.1, 0.15) is 6.23 Å². The van der Waals surface area contributed by atoms with Crippen LogP contribution >= 0.6 is 0 Å². The van der Waals surface area contributed by atoms with Crippen LogP contribution in [0.4, 0.5) is 0 Å². The maximum atomic E-state index is 11.6. The summed E-state index contributed by atoms with van der Waals surface area (Å²) in [4.78, 5) is 25.0. The van der Waals surface area contributed by atoms with Crippen LogP contribution in [0, 0.1) is 6.92 Å². The summed E-state index contributed by atoms with van der Waals surface area (Å²) in [5.41, 5.74) is -0.607. The average Bonchev–Trinajstić information content (AvgIpc) is 2.33. The molecule has 7 nitrogen and oxygen atoms in total. The van der Waals surface area contributed by atoms with E-state index in [4.69, 9.17) is 14.9 Å². The Hall–Kier alpha value is -1.44. The Morgan fingerprint density at radius 2 is 2.11 bits per heavy atom. The number of nitrogens with zero attached hydrogens (tertiary/aromatic N) is 1. The van der Waals surface area contributed by atoms with E-state index in [0.717, 1.165) is 0 Å². The summed E-state index contributed by atoms with van der Waals surface area (Å²) < 4.78 is 6.67. The fourth-order valence-electron chi connectivity index (χ4n) is 1.55. The number of aliphatic hydroxyl groups excluding tert-OH is 2. The van der Waals surface area contributed by atoms with Crippen molar-refractivity contribution in [2.24, 2.45) is 0 Å². The molecule has 0 aliphatic rings. The van der Waals surface area contributed by atoms with Gasteiger partial charge in [0.05, 0.1) is 12.7 Å². The fraction of sp³-hybridized carbons (Fsp3) is 0.636. The van der Waals surface area contributed by atoms with Gasteiger partial charge in [-0.15, -0.1) is 0 Å². The average molecular weight is 258 g/mol. The Morgan fingerprint density at radius 3 is 2.67 bits per heavy atom. The summed E-state index contributed by atoms with van der Waals surface area (Å²) in [5.74, 6) is 0. The van der Waals surface area contributed by atoms with Gasteiger partial charge in [-0.25, -0.2) is 4.79 Å². The molecule has 1 heterocycles. The number of ether oxygens (including phenoxy) is 1. The lowest BCUT2D eigenvalue weighted by molar-refractivity contribution is -0.0750. The molecule has 0 radical (unpaired) electrons. The molecule has 102 valence electrons. The zero-order valence-corrected chi connectivity index (χ0v) is 10.4. The molecule has 2 atom stereocenters. The Kier molecular flexibility index (Phi) is 5.26. The highest BCUT2D eigenvalue weighted by atomic mass is 16.5. The Balaban J connectivity index is 2.90. The van der Waals surface area contributed by atoms with Crippen LogP contribution in [0.2, 0.25) is 0 Å². The van der Waals surface area contributed by atoms with Crippen molar-refractivity contribution >= 4 is 0 Å². The van der Waals surface area contributed by atoms with Gasteiger partial charge in [0.2, 0.25) is 0 Å². The Bertz CT molecular complexity index is 493. The summed E-state index contributed by atoms with van der Waals surface area (Å²) in [5, 5.41) is 17.8. The van der Waals surface area contributed by atoms with Crippen molar-refractivity contribution in [3.63, 3.8) is 0 Å². The predicted molar refractivity (Wildman–Crippen MR) is 64.4 cm³/mol. The highest BCUT2D eigenvalue weighted by Crippen LogP contribution is 2.10. The molecule has 18 heavy (non-hydrogen) atoms. The lowest BCUT2D eigenvalue weighted by Crippen LogP contribution is -2.35. The zero-order valence-electron chi connectivity index (χ0n) is 10.4. The van der Waals surface area contributed by atoms with Crippen molar-refractivity contribution in [2.75, 3.05) is 13.2 Å². The third-order valence-electron chi connectivity index (χ3n) is 2.58. The summed E-state index contributed by atoms with van der Waals surface area (Å²) in [6.45, 7) is 2.84. The van der Waals surface area contributed by atoms with E-state index in [0.29, 0.717) is 5.56 Å². The number of aromatic nitrogens is 2. The highest BCUT2D eigenvalue weighted by Gasteiger charge is 2.15. The first kappa shape index (κ1) is 14.6. The molecule has 0 spiro atoms. The molecule has 1 aromatic heterocycles.